The first-order chi connectivity index (χ1) is 12.6. The summed E-state index contributed by atoms with van der Waals surface area (Å²) in [6.45, 7) is 0.464. The minimum atomic E-state index is -3.72. The second-order valence-corrected chi connectivity index (χ2v) is 7.63. The van der Waals surface area contributed by atoms with Gasteiger partial charge in [0, 0.05) is 24.4 Å². The van der Waals surface area contributed by atoms with Gasteiger partial charge in [-0.3, -0.25) is 0 Å². The van der Waals surface area contributed by atoms with Crippen LogP contribution in [0.5, 0.6) is 5.88 Å². The molecule has 0 saturated carbocycles. The van der Waals surface area contributed by atoms with Gasteiger partial charge >= 0.3 is 0 Å². The van der Waals surface area contributed by atoms with Crippen molar-refractivity contribution in [3.05, 3.63) is 42.1 Å². The molecular weight excluding hydrogens is 358 g/mol. The van der Waals surface area contributed by atoms with Crippen molar-refractivity contribution < 1.29 is 17.9 Å². The van der Waals surface area contributed by atoms with E-state index in [4.69, 9.17) is 9.47 Å². The minimum absolute atomic E-state index is 0.136. The third-order valence-electron chi connectivity index (χ3n) is 4.29. The Hall–Kier alpha value is -2.56. The summed E-state index contributed by atoms with van der Waals surface area (Å²) in [5.74, 6) is 0.491. The minimum Gasteiger partial charge on any atom is -0.481 e. The van der Waals surface area contributed by atoms with Crippen molar-refractivity contribution in [2.45, 2.75) is 23.5 Å². The number of hydrogen-bond donors (Lipinski definition) is 2. The maximum absolute atomic E-state index is 12.8. The molecule has 0 aliphatic carbocycles. The molecule has 0 unspecified atom stereocenters. The average Bonchev–Trinajstić information content (AvgIpc) is 3.30. The molecule has 1 aromatic carbocycles. The Morgan fingerprint density at radius 3 is 2.85 bits per heavy atom. The van der Waals surface area contributed by atoms with Crippen LogP contribution in [0.25, 0.3) is 11.0 Å². The first kappa shape index (κ1) is 16.9. The van der Waals surface area contributed by atoms with E-state index in [0.717, 1.165) is 5.56 Å². The van der Waals surface area contributed by atoms with E-state index in [-0.39, 0.29) is 10.9 Å². The number of ether oxygens (including phenoxy) is 2. The van der Waals surface area contributed by atoms with Gasteiger partial charge in [0.1, 0.15) is 17.1 Å². The molecule has 0 radical (unpaired) electrons. The van der Waals surface area contributed by atoms with Crippen LogP contribution < -0.4 is 9.46 Å². The number of nitrogens with zero attached hydrogens (tertiary/aromatic N) is 3. The van der Waals surface area contributed by atoms with E-state index in [1.807, 2.05) is 6.07 Å². The van der Waals surface area contributed by atoms with Gasteiger partial charge in [-0.25, -0.2) is 18.1 Å². The molecule has 2 atom stereocenters. The number of methoxy groups -OCH3 is 1. The highest BCUT2D eigenvalue weighted by molar-refractivity contribution is 7.89. The number of aromatic amines is 1. The number of fused-ring (bicyclic) bond motifs is 1. The monoisotopic (exact) mass is 375 g/mol. The topological polar surface area (TPSA) is 119 Å². The van der Waals surface area contributed by atoms with Crippen LogP contribution in [0.4, 0.5) is 0 Å². The van der Waals surface area contributed by atoms with Crippen molar-refractivity contribution in [1.82, 2.24) is 25.1 Å². The molecule has 0 bridgehead atoms. The standard InChI is InChI=1S/C16H17N5O4S/c1-24-15-5-2-10(9-17-15)16-13(6-7-25-16)20-26(22,23)11-3-4-12-14(8-11)19-21-18-12/h2-5,8-9,13,16,20H,6-7H2,1H3,(H,18,19,21)/t13-,16+/m0/s1. The van der Waals surface area contributed by atoms with Crippen LogP contribution in [0.1, 0.15) is 18.1 Å². The first-order valence-electron chi connectivity index (χ1n) is 8.01. The Balaban J connectivity index is 1.57. The number of benzene rings is 1. The van der Waals surface area contributed by atoms with Crippen LogP contribution in [0.15, 0.2) is 41.4 Å². The van der Waals surface area contributed by atoms with E-state index in [2.05, 4.69) is 25.1 Å². The van der Waals surface area contributed by atoms with Crippen LogP contribution >= 0.6 is 0 Å². The predicted octanol–water partition coefficient (Wildman–Crippen LogP) is 1.17. The number of nitrogens with one attached hydrogen (secondary N) is 2. The molecule has 10 heteroatoms. The summed E-state index contributed by atoms with van der Waals surface area (Å²) in [5, 5.41) is 10.3. The third-order valence-corrected chi connectivity index (χ3v) is 5.78. The van der Waals surface area contributed by atoms with E-state index in [0.29, 0.717) is 29.9 Å². The molecule has 9 nitrogen and oxygen atoms in total. The number of pyridine rings is 1. The fourth-order valence-electron chi connectivity index (χ4n) is 2.97. The summed E-state index contributed by atoms with van der Waals surface area (Å²) in [5.41, 5.74) is 1.89. The van der Waals surface area contributed by atoms with Crippen LogP contribution in [0.2, 0.25) is 0 Å². The molecule has 26 heavy (non-hydrogen) atoms. The van der Waals surface area contributed by atoms with Gasteiger partial charge in [0.2, 0.25) is 15.9 Å². The summed E-state index contributed by atoms with van der Waals surface area (Å²) < 4.78 is 39.1. The lowest BCUT2D eigenvalue weighted by Gasteiger charge is -2.20. The largest absolute Gasteiger partial charge is 0.481 e. The van der Waals surface area contributed by atoms with Gasteiger partial charge in [0.15, 0.2) is 0 Å². The van der Waals surface area contributed by atoms with Crippen molar-refractivity contribution in [3.63, 3.8) is 0 Å². The van der Waals surface area contributed by atoms with Gasteiger partial charge in [0.25, 0.3) is 0 Å². The second-order valence-electron chi connectivity index (χ2n) is 5.92. The zero-order chi connectivity index (χ0) is 18.1. The molecule has 0 spiro atoms. The van der Waals surface area contributed by atoms with Crippen LogP contribution in [-0.2, 0) is 14.8 Å². The zero-order valence-corrected chi connectivity index (χ0v) is 14.7. The van der Waals surface area contributed by atoms with Gasteiger partial charge in [-0.15, -0.1) is 0 Å². The highest BCUT2D eigenvalue weighted by atomic mass is 32.2. The van der Waals surface area contributed by atoms with Crippen molar-refractivity contribution in [2.75, 3.05) is 13.7 Å². The lowest BCUT2D eigenvalue weighted by Crippen LogP contribution is -2.36. The molecule has 0 amide bonds. The molecular formula is C16H17N5O4S. The normalized spacial score (nSPS) is 20.5. The molecule has 2 aromatic heterocycles. The van der Waals surface area contributed by atoms with Gasteiger partial charge in [0.05, 0.1) is 18.0 Å². The lowest BCUT2D eigenvalue weighted by atomic mass is 10.1. The SMILES string of the molecule is COc1ccc([C@H]2OCC[C@@H]2NS(=O)(=O)c2ccc3n[nH]nc3c2)cn1. The van der Waals surface area contributed by atoms with Crippen LogP contribution in [-0.4, -0.2) is 48.6 Å². The van der Waals surface area contributed by atoms with Gasteiger partial charge < -0.3 is 9.47 Å². The quantitative estimate of drug-likeness (QED) is 0.687. The van der Waals surface area contributed by atoms with Crippen molar-refractivity contribution in [2.24, 2.45) is 0 Å². The summed E-state index contributed by atoms with van der Waals surface area (Å²) in [6.07, 6.45) is 1.80. The van der Waals surface area contributed by atoms with Crippen molar-refractivity contribution >= 4 is 21.1 Å². The summed E-state index contributed by atoms with van der Waals surface area (Å²) in [6, 6.07) is 7.77. The molecule has 1 fully saturated rings. The Kier molecular flexibility index (Phi) is 4.31. The zero-order valence-electron chi connectivity index (χ0n) is 13.9. The summed E-state index contributed by atoms with van der Waals surface area (Å²) >= 11 is 0. The van der Waals surface area contributed by atoms with E-state index in [1.165, 1.54) is 19.2 Å². The van der Waals surface area contributed by atoms with Crippen molar-refractivity contribution in [1.29, 1.82) is 0 Å². The van der Waals surface area contributed by atoms with E-state index >= 15 is 0 Å². The number of rotatable bonds is 5. The Morgan fingerprint density at radius 1 is 1.23 bits per heavy atom. The fraction of sp³-hybridized carbons (Fsp3) is 0.312. The number of aromatic nitrogens is 4. The predicted molar refractivity (Wildman–Crippen MR) is 92.1 cm³/mol. The second kappa shape index (κ2) is 6.63. The Morgan fingerprint density at radius 2 is 2.08 bits per heavy atom. The van der Waals surface area contributed by atoms with Crippen LogP contribution in [0, 0.1) is 0 Å². The molecule has 3 aromatic rings. The van der Waals surface area contributed by atoms with Gasteiger partial charge in [-0.05, 0) is 30.7 Å². The number of H-pyrrole nitrogens is 1. The Bertz CT molecular complexity index is 1020. The van der Waals surface area contributed by atoms with Gasteiger partial charge in [-0.1, -0.05) is 0 Å². The number of hydrogen-bond acceptors (Lipinski definition) is 7. The number of sulfonamides is 1. The van der Waals surface area contributed by atoms with E-state index in [1.54, 1.807) is 18.3 Å². The van der Waals surface area contributed by atoms with Crippen molar-refractivity contribution in [3.8, 4) is 5.88 Å². The van der Waals surface area contributed by atoms with Crippen LogP contribution in [0.3, 0.4) is 0 Å². The van der Waals surface area contributed by atoms with E-state index in [9.17, 15) is 8.42 Å². The average molecular weight is 375 g/mol. The molecule has 3 heterocycles. The molecule has 4 rings (SSSR count). The molecule has 1 aliphatic heterocycles. The smallest absolute Gasteiger partial charge is 0.241 e. The third kappa shape index (κ3) is 3.14. The fourth-order valence-corrected chi connectivity index (χ4v) is 4.26. The van der Waals surface area contributed by atoms with E-state index < -0.39 is 16.1 Å². The molecule has 1 aliphatic rings. The first-order valence-corrected chi connectivity index (χ1v) is 9.49. The maximum Gasteiger partial charge on any atom is 0.241 e. The lowest BCUT2D eigenvalue weighted by molar-refractivity contribution is 0.102. The summed E-state index contributed by atoms with van der Waals surface area (Å²) in [7, 11) is -2.19. The Labute approximate surface area is 149 Å². The molecule has 2 N–H and O–H groups in total. The molecule has 1 saturated heterocycles. The highest BCUT2D eigenvalue weighted by Gasteiger charge is 2.33. The highest BCUT2D eigenvalue weighted by Crippen LogP contribution is 2.30. The summed E-state index contributed by atoms with van der Waals surface area (Å²) in [4.78, 5) is 4.30. The van der Waals surface area contributed by atoms with Gasteiger partial charge in [-0.2, -0.15) is 15.4 Å². The maximum atomic E-state index is 12.8. The molecule has 136 valence electrons.